The van der Waals surface area contributed by atoms with Gasteiger partial charge >= 0.3 is 5.97 Å². The van der Waals surface area contributed by atoms with Crippen LogP contribution in [0, 0.1) is 6.92 Å². The molecule has 1 N–H and O–H groups in total. The normalized spacial score (nSPS) is 11.8. The highest BCUT2D eigenvalue weighted by molar-refractivity contribution is 5.86. The topological polar surface area (TPSA) is 76.5 Å². The SMILES string of the molecule is Cc1ccc(-c2nc(C(C)(C)C)c(C(=O)O)o2)o1. The summed E-state index contributed by atoms with van der Waals surface area (Å²) in [6.45, 7) is 7.45. The first-order chi connectivity index (χ1) is 8.29. The molecule has 0 aliphatic heterocycles. The molecule has 96 valence electrons. The molecule has 0 unspecified atom stereocenters. The van der Waals surface area contributed by atoms with Crippen molar-refractivity contribution >= 4 is 5.97 Å². The van der Waals surface area contributed by atoms with E-state index in [4.69, 9.17) is 13.9 Å². The van der Waals surface area contributed by atoms with E-state index in [-0.39, 0.29) is 11.7 Å². The minimum Gasteiger partial charge on any atom is -0.475 e. The lowest BCUT2D eigenvalue weighted by atomic mass is 9.91. The van der Waals surface area contributed by atoms with Crippen LogP contribution in [0.25, 0.3) is 11.7 Å². The van der Waals surface area contributed by atoms with Crippen molar-refractivity contribution in [3.8, 4) is 11.7 Å². The molecule has 0 fully saturated rings. The third kappa shape index (κ3) is 2.16. The van der Waals surface area contributed by atoms with Gasteiger partial charge in [-0.2, -0.15) is 0 Å². The number of rotatable bonds is 2. The first kappa shape index (κ1) is 12.4. The number of aromatic carboxylic acids is 1. The van der Waals surface area contributed by atoms with Gasteiger partial charge in [-0.1, -0.05) is 20.8 Å². The van der Waals surface area contributed by atoms with E-state index in [1.54, 1.807) is 19.1 Å². The third-order valence-electron chi connectivity index (χ3n) is 2.48. The fourth-order valence-electron chi connectivity index (χ4n) is 1.63. The molecule has 0 spiro atoms. The van der Waals surface area contributed by atoms with Crippen LogP contribution < -0.4 is 0 Å². The number of furan rings is 1. The Morgan fingerprint density at radius 3 is 2.33 bits per heavy atom. The molecule has 0 bridgehead atoms. The summed E-state index contributed by atoms with van der Waals surface area (Å²) in [6.07, 6.45) is 0. The molecule has 2 aromatic heterocycles. The van der Waals surface area contributed by atoms with E-state index < -0.39 is 11.4 Å². The quantitative estimate of drug-likeness (QED) is 0.884. The van der Waals surface area contributed by atoms with Gasteiger partial charge in [-0.25, -0.2) is 9.78 Å². The second-order valence-corrected chi connectivity index (χ2v) is 5.16. The zero-order valence-electron chi connectivity index (χ0n) is 10.8. The largest absolute Gasteiger partial charge is 0.475 e. The van der Waals surface area contributed by atoms with Crippen molar-refractivity contribution < 1.29 is 18.7 Å². The summed E-state index contributed by atoms with van der Waals surface area (Å²) >= 11 is 0. The van der Waals surface area contributed by atoms with Crippen LogP contribution in [0.5, 0.6) is 0 Å². The van der Waals surface area contributed by atoms with Crippen LogP contribution in [0.4, 0.5) is 0 Å². The Morgan fingerprint density at radius 2 is 1.94 bits per heavy atom. The highest BCUT2D eigenvalue weighted by Crippen LogP contribution is 2.30. The number of hydrogen-bond acceptors (Lipinski definition) is 4. The Bertz CT molecular complexity index is 586. The summed E-state index contributed by atoms with van der Waals surface area (Å²) < 4.78 is 10.7. The summed E-state index contributed by atoms with van der Waals surface area (Å²) in [7, 11) is 0. The van der Waals surface area contributed by atoms with E-state index in [1.807, 2.05) is 20.8 Å². The van der Waals surface area contributed by atoms with Crippen LogP contribution in [0.1, 0.15) is 42.8 Å². The minimum atomic E-state index is -1.12. The summed E-state index contributed by atoms with van der Waals surface area (Å²) in [6, 6.07) is 3.48. The molecular formula is C13H15NO4. The Balaban J connectivity index is 2.56. The molecule has 2 aromatic rings. The minimum absolute atomic E-state index is 0.133. The van der Waals surface area contributed by atoms with E-state index in [0.29, 0.717) is 11.5 Å². The maximum atomic E-state index is 11.2. The highest BCUT2D eigenvalue weighted by atomic mass is 16.4. The predicted molar refractivity (Wildman–Crippen MR) is 64.6 cm³/mol. The van der Waals surface area contributed by atoms with Crippen molar-refractivity contribution in [3.05, 3.63) is 29.3 Å². The number of aromatic nitrogens is 1. The van der Waals surface area contributed by atoms with Gasteiger partial charge in [-0.15, -0.1) is 0 Å². The maximum Gasteiger partial charge on any atom is 0.373 e. The lowest BCUT2D eigenvalue weighted by Gasteiger charge is -2.14. The lowest BCUT2D eigenvalue weighted by molar-refractivity contribution is 0.0659. The molecule has 0 aliphatic carbocycles. The second kappa shape index (κ2) is 4.01. The number of carboxylic acids is 1. The lowest BCUT2D eigenvalue weighted by Crippen LogP contribution is -2.16. The smallest absolute Gasteiger partial charge is 0.373 e. The van der Waals surface area contributed by atoms with Crippen molar-refractivity contribution in [1.82, 2.24) is 4.98 Å². The van der Waals surface area contributed by atoms with Gasteiger partial charge in [0.05, 0.1) is 0 Å². The summed E-state index contributed by atoms with van der Waals surface area (Å²) in [5, 5.41) is 9.13. The van der Waals surface area contributed by atoms with Gasteiger partial charge in [0.15, 0.2) is 5.76 Å². The molecule has 0 radical (unpaired) electrons. The molecule has 2 heterocycles. The van der Waals surface area contributed by atoms with Crippen molar-refractivity contribution in [2.24, 2.45) is 0 Å². The summed E-state index contributed by atoms with van der Waals surface area (Å²) in [5.41, 5.74) is 0.0101. The van der Waals surface area contributed by atoms with Crippen molar-refractivity contribution in [1.29, 1.82) is 0 Å². The van der Waals surface area contributed by atoms with E-state index in [9.17, 15) is 4.79 Å². The Morgan fingerprint density at radius 1 is 1.28 bits per heavy atom. The van der Waals surface area contributed by atoms with Crippen LogP contribution >= 0.6 is 0 Å². The molecule has 0 aromatic carbocycles. The Kier molecular flexibility index (Phi) is 2.77. The second-order valence-electron chi connectivity index (χ2n) is 5.16. The van der Waals surface area contributed by atoms with Crippen molar-refractivity contribution in [2.75, 3.05) is 0 Å². The maximum absolute atomic E-state index is 11.2. The third-order valence-corrected chi connectivity index (χ3v) is 2.48. The van der Waals surface area contributed by atoms with Crippen LogP contribution in [-0.4, -0.2) is 16.1 Å². The molecule has 5 nitrogen and oxygen atoms in total. The average molecular weight is 249 g/mol. The van der Waals surface area contributed by atoms with Gasteiger partial charge in [-0.3, -0.25) is 0 Å². The Labute approximate surface area is 104 Å². The molecule has 18 heavy (non-hydrogen) atoms. The molecule has 0 aliphatic rings. The molecule has 2 rings (SSSR count). The van der Waals surface area contributed by atoms with Crippen LogP contribution in [0.2, 0.25) is 0 Å². The summed E-state index contributed by atoms with van der Waals surface area (Å²) in [5.74, 6) is 0.0989. The van der Waals surface area contributed by atoms with E-state index in [2.05, 4.69) is 4.98 Å². The summed E-state index contributed by atoms with van der Waals surface area (Å²) in [4.78, 5) is 15.4. The van der Waals surface area contributed by atoms with Crippen molar-refractivity contribution in [3.63, 3.8) is 0 Å². The van der Waals surface area contributed by atoms with Crippen LogP contribution in [-0.2, 0) is 5.41 Å². The first-order valence-corrected chi connectivity index (χ1v) is 5.60. The van der Waals surface area contributed by atoms with Crippen LogP contribution in [0.3, 0.4) is 0 Å². The van der Waals surface area contributed by atoms with E-state index in [0.717, 1.165) is 5.76 Å². The number of aryl methyl sites for hydroxylation is 1. The van der Waals surface area contributed by atoms with Gasteiger partial charge in [-0.05, 0) is 19.1 Å². The fourth-order valence-corrected chi connectivity index (χ4v) is 1.63. The number of nitrogens with zero attached hydrogens (tertiary/aromatic N) is 1. The highest BCUT2D eigenvalue weighted by Gasteiger charge is 2.29. The monoisotopic (exact) mass is 249 g/mol. The average Bonchev–Trinajstić information content (AvgIpc) is 2.81. The van der Waals surface area contributed by atoms with E-state index >= 15 is 0 Å². The number of carbonyl (C=O) groups is 1. The van der Waals surface area contributed by atoms with Gasteiger partial charge in [0.25, 0.3) is 5.89 Å². The zero-order chi connectivity index (χ0) is 13.5. The molecule has 0 amide bonds. The van der Waals surface area contributed by atoms with Crippen molar-refractivity contribution in [2.45, 2.75) is 33.1 Å². The standard InChI is InChI=1S/C13H15NO4/c1-7-5-6-8(17-7)11-14-10(13(2,3)4)9(18-11)12(15)16/h5-6H,1-4H3,(H,15,16). The predicted octanol–water partition coefficient (Wildman–Crippen LogP) is 3.24. The van der Waals surface area contributed by atoms with Gasteiger partial charge < -0.3 is 13.9 Å². The molecular weight excluding hydrogens is 234 g/mol. The molecule has 0 saturated carbocycles. The van der Waals surface area contributed by atoms with Gasteiger partial charge in [0.2, 0.25) is 5.76 Å². The number of hydrogen-bond donors (Lipinski definition) is 1. The Hall–Kier alpha value is -2.04. The zero-order valence-corrected chi connectivity index (χ0v) is 10.8. The van der Waals surface area contributed by atoms with Gasteiger partial charge in [0, 0.05) is 5.41 Å². The first-order valence-electron chi connectivity index (χ1n) is 5.60. The molecule has 5 heteroatoms. The number of oxazole rings is 1. The number of carboxylic acid groups (broad SMARTS) is 1. The molecule has 0 atom stereocenters. The van der Waals surface area contributed by atoms with E-state index in [1.165, 1.54) is 0 Å². The fraction of sp³-hybridized carbons (Fsp3) is 0.385. The van der Waals surface area contributed by atoms with Crippen LogP contribution in [0.15, 0.2) is 21.0 Å². The molecule has 0 saturated heterocycles. The van der Waals surface area contributed by atoms with Gasteiger partial charge in [0.1, 0.15) is 11.5 Å².